The van der Waals surface area contributed by atoms with Gasteiger partial charge in [-0.05, 0) is 36.8 Å². The average molecular weight is 364 g/mol. The van der Waals surface area contributed by atoms with Crippen molar-refractivity contribution in [1.82, 2.24) is 4.57 Å². The lowest BCUT2D eigenvalue weighted by molar-refractivity contribution is 0.559. The van der Waals surface area contributed by atoms with Gasteiger partial charge in [0.2, 0.25) is 0 Å². The molecule has 0 aliphatic rings. The monoisotopic (exact) mass is 364 g/mol. The van der Waals surface area contributed by atoms with E-state index in [0.29, 0.717) is 5.69 Å². The van der Waals surface area contributed by atoms with E-state index in [1.807, 2.05) is 35.7 Å². The summed E-state index contributed by atoms with van der Waals surface area (Å²) < 4.78 is 21.8. The van der Waals surface area contributed by atoms with Gasteiger partial charge in [0, 0.05) is 5.38 Å². The smallest absolute Gasteiger partial charge is 0.191 e. The topological polar surface area (TPSA) is 30.4 Å². The minimum Gasteiger partial charge on any atom is -0.463 e. The highest BCUT2D eigenvalue weighted by Gasteiger charge is 2.17. The molecule has 0 spiro atoms. The normalized spacial score (nSPS) is 13.1. The molecule has 1 atom stereocenters. The number of hydrogen-bond acceptors (Lipinski definition) is 3. The van der Waals surface area contributed by atoms with Gasteiger partial charge < -0.3 is 8.98 Å². The van der Waals surface area contributed by atoms with Gasteiger partial charge in [-0.1, -0.05) is 42.5 Å². The van der Waals surface area contributed by atoms with Gasteiger partial charge in [-0.3, -0.25) is 0 Å². The highest BCUT2D eigenvalue weighted by Crippen LogP contribution is 2.27. The molecular formula is C21H17FN2OS. The summed E-state index contributed by atoms with van der Waals surface area (Å²) in [7, 11) is 0. The average Bonchev–Trinajstić information content (AvgIpc) is 3.33. The van der Waals surface area contributed by atoms with Crippen LogP contribution in [0.5, 0.6) is 0 Å². The van der Waals surface area contributed by atoms with Crippen molar-refractivity contribution in [3.63, 3.8) is 0 Å². The van der Waals surface area contributed by atoms with E-state index in [1.54, 1.807) is 24.5 Å². The molecule has 3 nitrogen and oxygen atoms in total. The van der Waals surface area contributed by atoms with Crippen LogP contribution >= 0.6 is 11.3 Å². The molecule has 0 aliphatic heterocycles. The molecule has 0 amide bonds. The lowest BCUT2D eigenvalue weighted by Crippen LogP contribution is -2.20. The number of aromatic nitrogens is 1. The molecule has 4 aromatic rings. The van der Waals surface area contributed by atoms with E-state index in [1.165, 1.54) is 17.4 Å². The Hall–Kier alpha value is -2.92. The minimum absolute atomic E-state index is 0.0214. The van der Waals surface area contributed by atoms with Gasteiger partial charge in [0.1, 0.15) is 11.5 Å². The first kappa shape index (κ1) is 16.5. The Morgan fingerprint density at radius 2 is 1.77 bits per heavy atom. The Morgan fingerprint density at radius 3 is 2.50 bits per heavy atom. The second-order valence-corrected chi connectivity index (χ2v) is 6.74. The van der Waals surface area contributed by atoms with Crippen molar-refractivity contribution in [2.75, 3.05) is 0 Å². The number of rotatable bonds is 4. The standard InChI is InChI=1S/C21H17FN2OS/c1-15(16-8-3-2-4-9-16)24-19(20-12-7-13-25-20)14-26-21(24)23-18-11-6-5-10-17(18)22/h2-15H,1H3. The van der Waals surface area contributed by atoms with Crippen LogP contribution in [0.25, 0.3) is 11.5 Å². The maximum atomic E-state index is 14.1. The Balaban J connectivity index is 1.92. The van der Waals surface area contributed by atoms with Crippen LogP contribution in [0.1, 0.15) is 18.5 Å². The third-order valence-electron chi connectivity index (χ3n) is 4.25. The zero-order chi connectivity index (χ0) is 17.9. The van der Waals surface area contributed by atoms with Crippen LogP contribution in [0.15, 0.2) is 87.8 Å². The van der Waals surface area contributed by atoms with Crippen LogP contribution in [0, 0.1) is 5.82 Å². The molecule has 26 heavy (non-hydrogen) atoms. The van der Waals surface area contributed by atoms with Gasteiger partial charge in [-0.2, -0.15) is 0 Å². The molecule has 130 valence electrons. The Bertz CT molecular complexity index is 1060. The summed E-state index contributed by atoms with van der Waals surface area (Å²) in [5.74, 6) is 0.429. The first-order valence-corrected chi connectivity index (χ1v) is 9.20. The summed E-state index contributed by atoms with van der Waals surface area (Å²) >= 11 is 1.47. The number of para-hydroxylation sites is 1. The van der Waals surface area contributed by atoms with Gasteiger partial charge in [0.25, 0.3) is 0 Å². The Morgan fingerprint density at radius 1 is 1.00 bits per heavy atom. The van der Waals surface area contributed by atoms with Crippen molar-refractivity contribution in [2.45, 2.75) is 13.0 Å². The fourth-order valence-electron chi connectivity index (χ4n) is 2.91. The zero-order valence-electron chi connectivity index (χ0n) is 14.2. The summed E-state index contributed by atoms with van der Waals surface area (Å²) in [5, 5.41) is 2.00. The molecular weight excluding hydrogens is 347 g/mol. The van der Waals surface area contributed by atoms with Crippen molar-refractivity contribution in [3.8, 4) is 11.5 Å². The predicted octanol–water partition coefficient (Wildman–Crippen LogP) is 5.79. The lowest BCUT2D eigenvalue weighted by Gasteiger charge is -2.17. The quantitative estimate of drug-likeness (QED) is 0.451. The molecule has 4 rings (SSSR count). The molecule has 0 saturated carbocycles. The molecule has 0 saturated heterocycles. The summed E-state index contributed by atoms with van der Waals surface area (Å²) in [4.78, 5) is 5.30. The van der Waals surface area contributed by atoms with E-state index >= 15 is 0 Å². The fourth-order valence-corrected chi connectivity index (χ4v) is 3.87. The SMILES string of the molecule is CC(c1ccccc1)n1c(-c2ccco2)csc1=Nc1ccccc1F. The van der Waals surface area contributed by atoms with Gasteiger partial charge in [-0.15, -0.1) is 11.3 Å². The number of halogens is 1. The minimum atomic E-state index is -0.334. The van der Waals surface area contributed by atoms with Crippen molar-refractivity contribution in [1.29, 1.82) is 0 Å². The molecule has 5 heteroatoms. The van der Waals surface area contributed by atoms with E-state index < -0.39 is 0 Å². The fraction of sp³-hybridized carbons (Fsp3) is 0.0952. The van der Waals surface area contributed by atoms with Crippen molar-refractivity contribution < 1.29 is 8.81 Å². The van der Waals surface area contributed by atoms with Gasteiger partial charge in [0.05, 0.1) is 18.0 Å². The molecule has 0 fully saturated rings. The summed E-state index contributed by atoms with van der Waals surface area (Å²) in [6, 6.07) is 20.5. The third kappa shape index (κ3) is 3.13. The van der Waals surface area contributed by atoms with Crippen LogP contribution in [-0.4, -0.2) is 4.57 Å². The highest BCUT2D eigenvalue weighted by atomic mass is 32.1. The van der Waals surface area contributed by atoms with E-state index in [9.17, 15) is 4.39 Å². The van der Waals surface area contributed by atoms with Crippen LogP contribution in [0.2, 0.25) is 0 Å². The molecule has 0 N–H and O–H groups in total. The number of hydrogen-bond donors (Lipinski definition) is 0. The van der Waals surface area contributed by atoms with Crippen LogP contribution < -0.4 is 4.80 Å². The Labute approximate surface area is 154 Å². The van der Waals surface area contributed by atoms with Gasteiger partial charge in [-0.25, -0.2) is 9.38 Å². The van der Waals surface area contributed by atoms with Crippen molar-refractivity contribution >= 4 is 17.0 Å². The van der Waals surface area contributed by atoms with Crippen molar-refractivity contribution in [2.24, 2.45) is 4.99 Å². The first-order valence-electron chi connectivity index (χ1n) is 8.32. The van der Waals surface area contributed by atoms with E-state index in [2.05, 4.69) is 28.6 Å². The van der Waals surface area contributed by atoms with E-state index in [-0.39, 0.29) is 11.9 Å². The van der Waals surface area contributed by atoms with Crippen LogP contribution in [0.3, 0.4) is 0 Å². The number of furan rings is 1. The van der Waals surface area contributed by atoms with E-state index in [0.717, 1.165) is 21.8 Å². The predicted molar refractivity (Wildman–Crippen MR) is 102 cm³/mol. The molecule has 2 aromatic carbocycles. The summed E-state index contributed by atoms with van der Waals surface area (Å²) in [6.45, 7) is 2.11. The maximum absolute atomic E-state index is 14.1. The Kier molecular flexibility index (Phi) is 4.54. The molecule has 0 radical (unpaired) electrons. The molecule has 2 aromatic heterocycles. The second kappa shape index (κ2) is 7.14. The largest absolute Gasteiger partial charge is 0.463 e. The third-order valence-corrected chi connectivity index (χ3v) is 5.09. The number of nitrogens with zero attached hydrogens (tertiary/aromatic N) is 2. The summed E-state index contributed by atoms with van der Waals surface area (Å²) in [6.07, 6.45) is 1.65. The first-order chi connectivity index (χ1) is 12.7. The van der Waals surface area contributed by atoms with Crippen LogP contribution in [-0.2, 0) is 0 Å². The van der Waals surface area contributed by atoms with Gasteiger partial charge >= 0.3 is 0 Å². The second-order valence-electron chi connectivity index (χ2n) is 5.90. The number of thiazole rings is 1. The number of benzene rings is 2. The maximum Gasteiger partial charge on any atom is 0.191 e. The molecule has 0 bridgehead atoms. The highest BCUT2D eigenvalue weighted by molar-refractivity contribution is 7.07. The molecule has 1 unspecified atom stereocenters. The van der Waals surface area contributed by atoms with E-state index in [4.69, 9.17) is 4.42 Å². The van der Waals surface area contributed by atoms with Gasteiger partial charge in [0.15, 0.2) is 10.6 Å². The lowest BCUT2D eigenvalue weighted by atomic mass is 10.1. The van der Waals surface area contributed by atoms with Crippen molar-refractivity contribution in [3.05, 3.63) is 94.6 Å². The zero-order valence-corrected chi connectivity index (χ0v) is 15.0. The summed E-state index contributed by atoms with van der Waals surface area (Å²) in [5.41, 5.74) is 2.40. The molecule has 0 aliphatic carbocycles. The molecule has 2 heterocycles. The van der Waals surface area contributed by atoms with Crippen LogP contribution in [0.4, 0.5) is 10.1 Å².